The Morgan fingerprint density at radius 2 is 0.750 bits per heavy atom. The smallest absolute Gasteiger partial charge is 0.0818 e. The number of aryl methyl sites for hydroxylation is 4. The monoisotopic (exact) mass is 951 g/mol. The van der Waals surface area contributed by atoms with Gasteiger partial charge in [0.05, 0.1) is 55.9 Å². The summed E-state index contributed by atoms with van der Waals surface area (Å²) in [6.07, 6.45) is 31.5. The van der Waals surface area contributed by atoms with Gasteiger partial charge in [0.15, 0.2) is 0 Å². The van der Waals surface area contributed by atoms with Gasteiger partial charge >= 0.3 is 0 Å². The Balaban J connectivity index is 1.28. The number of aromatic amines is 4. The molecule has 72 heavy (non-hydrogen) atoms. The Kier molecular flexibility index (Phi) is 12.9. The van der Waals surface area contributed by atoms with E-state index in [4.69, 9.17) is 19.9 Å². The van der Waals surface area contributed by atoms with Crippen molar-refractivity contribution < 1.29 is 0 Å². The van der Waals surface area contributed by atoms with E-state index in [0.29, 0.717) is 0 Å². The molecule has 4 N–H and O–H groups in total. The Bertz CT molecular complexity index is 3630. The molecule has 0 amide bonds. The lowest BCUT2D eigenvalue weighted by Crippen LogP contribution is -1.92. The molecule has 0 aliphatic carbocycles. The van der Waals surface area contributed by atoms with E-state index in [1.54, 1.807) is 0 Å². The molecule has 10 aromatic rings. The van der Waals surface area contributed by atoms with Crippen molar-refractivity contribution in [2.45, 2.75) is 156 Å². The molecule has 2 aliphatic rings. The predicted molar refractivity (Wildman–Crippen MR) is 308 cm³/mol. The zero-order valence-electron chi connectivity index (χ0n) is 43.0. The number of benzene rings is 2. The van der Waals surface area contributed by atoms with Gasteiger partial charge in [-0.15, -0.1) is 0 Å². The van der Waals surface area contributed by atoms with Crippen LogP contribution < -0.4 is 0 Å². The molecule has 0 saturated heterocycles. The molecule has 10 heterocycles. The van der Waals surface area contributed by atoms with Crippen LogP contribution in [0.1, 0.15) is 175 Å². The summed E-state index contributed by atoms with van der Waals surface area (Å²) in [5, 5.41) is 7.00. The number of nitrogens with zero attached hydrogens (tertiary/aromatic N) is 4. The van der Waals surface area contributed by atoms with Gasteiger partial charge in [0.25, 0.3) is 0 Å². The lowest BCUT2D eigenvalue weighted by Gasteiger charge is -2.07. The molecule has 0 fully saturated rings. The van der Waals surface area contributed by atoms with Gasteiger partial charge in [-0.25, -0.2) is 19.9 Å². The van der Waals surface area contributed by atoms with E-state index in [1.807, 2.05) is 0 Å². The summed E-state index contributed by atoms with van der Waals surface area (Å²) in [6, 6.07) is 23.1. The highest BCUT2D eigenvalue weighted by Gasteiger charge is 2.25. The summed E-state index contributed by atoms with van der Waals surface area (Å²) in [5.41, 5.74) is 22.1. The molecule has 12 rings (SSSR count). The molecule has 0 atom stereocenters. The molecule has 8 nitrogen and oxygen atoms in total. The van der Waals surface area contributed by atoms with E-state index in [9.17, 15) is 0 Å². The number of rotatable bonds is 20. The van der Waals surface area contributed by atoms with Crippen molar-refractivity contribution in [3.05, 3.63) is 106 Å². The summed E-state index contributed by atoms with van der Waals surface area (Å²) in [6.45, 7) is 9.17. The molecule has 2 aromatic carbocycles. The highest BCUT2D eigenvalue weighted by atomic mass is 14.8. The molecule has 0 unspecified atom stereocenters. The Hall–Kier alpha value is -6.80. The minimum Gasteiger partial charge on any atom is -0.355 e. The second-order valence-electron chi connectivity index (χ2n) is 21.1. The molecule has 366 valence electrons. The van der Waals surface area contributed by atoms with Gasteiger partial charge in [-0.2, -0.15) is 0 Å². The molecule has 8 heteroatoms. The van der Waals surface area contributed by atoms with Crippen LogP contribution in [0.3, 0.4) is 0 Å². The fourth-order valence-corrected chi connectivity index (χ4v) is 12.1. The van der Waals surface area contributed by atoms with Gasteiger partial charge in [-0.1, -0.05) is 105 Å². The Morgan fingerprint density at radius 1 is 0.347 bits per heavy atom. The third kappa shape index (κ3) is 8.54. The highest BCUT2D eigenvalue weighted by Crippen LogP contribution is 2.46. The highest BCUT2D eigenvalue weighted by molar-refractivity contribution is 6.39. The molecule has 0 saturated carbocycles. The number of hydrogen-bond donors (Lipinski definition) is 4. The van der Waals surface area contributed by atoms with Crippen molar-refractivity contribution >= 4 is 123 Å². The van der Waals surface area contributed by atoms with Crippen molar-refractivity contribution in [2.24, 2.45) is 0 Å². The quantitative estimate of drug-likeness (QED) is 0.0570. The summed E-state index contributed by atoms with van der Waals surface area (Å²) < 4.78 is 0. The number of aromatic nitrogens is 8. The van der Waals surface area contributed by atoms with E-state index in [2.05, 4.69) is 133 Å². The summed E-state index contributed by atoms with van der Waals surface area (Å²) in [7, 11) is 0. The van der Waals surface area contributed by atoms with Gasteiger partial charge < -0.3 is 19.9 Å². The van der Waals surface area contributed by atoms with E-state index >= 15 is 0 Å². The maximum atomic E-state index is 5.88. The zero-order chi connectivity index (χ0) is 48.7. The predicted octanol–water partition coefficient (Wildman–Crippen LogP) is 18.1. The van der Waals surface area contributed by atoms with Crippen molar-refractivity contribution in [3.8, 4) is 0 Å². The molecular weight excluding hydrogens is 881 g/mol. The first kappa shape index (κ1) is 46.3. The molecule has 16 bridgehead atoms. The average molecular weight is 951 g/mol. The lowest BCUT2D eigenvalue weighted by molar-refractivity contribution is 0.667. The molecule has 0 radical (unpaired) electrons. The molecule has 0 spiro atoms. The van der Waals surface area contributed by atoms with Crippen LogP contribution in [0.25, 0.3) is 123 Å². The molecule has 8 aromatic heterocycles. The van der Waals surface area contributed by atoms with Crippen molar-refractivity contribution in [1.82, 2.24) is 39.9 Å². The third-order valence-electron chi connectivity index (χ3n) is 16.0. The SMILES string of the molecule is CCCCCCc1c2nc(cc3ccc([nH]3)c(CCCCCC)c3cc4c5cc6[nH]c5c5c7nc(cc7c7cc1[nH]c7c5c4n3)c(CCCCCC)c1ccc(cc3nc(c6CCCCCC)C=C3)[nH]1)C=C2. The van der Waals surface area contributed by atoms with Gasteiger partial charge in [0, 0.05) is 87.7 Å². The minimum absolute atomic E-state index is 0.937. The number of fused-ring (bicyclic) bond motifs is 14. The van der Waals surface area contributed by atoms with E-state index < -0.39 is 0 Å². The van der Waals surface area contributed by atoms with Crippen molar-refractivity contribution in [1.29, 1.82) is 0 Å². The van der Waals surface area contributed by atoms with Gasteiger partial charge in [0.2, 0.25) is 0 Å². The van der Waals surface area contributed by atoms with Gasteiger partial charge in [0.1, 0.15) is 0 Å². The maximum absolute atomic E-state index is 5.88. The van der Waals surface area contributed by atoms with Crippen molar-refractivity contribution in [3.63, 3.8) is 0 Å². The Labute approximate surface area is 422 Å². The summed E-state index contributed by atoms with van der Waals surface area (Å²) >= 11 is 0. The van der Waals surface area contributed by atoms with Crippen LogP contribution >= 0.6 is 0 Å². The topological polar surface area (TPSA) is 115 Å². The lowest BCUT2D eigenvalue weighted by atomic mass is 9.98. The Morgan fingerprint density at radius 3 is 1.15 bits per heavy atom. The fraction of sp³-hybridized carbons (Fsp3) is 0.375. The van der Waals surface area contributed by atoms with Crippen molar-refractivity contribution in [2.75, 3.05) is 0 Å². The second-order valence-corrected chi connectivity index (χ2v) is 21.1. The van der Waals surface area contributed by atoms with Gasteiger partial charge in [-0.3, -0.25) is 0 Å². The summed E-state index contributed by atoms with van der Waals surface area (Å²) in [5.74, 6) is 0. The largest absolute Gasteiger partial charge is 0.355 e. The van der Waals surface area contributed by atoms with E-state index in [1.165, 1.54) is 121 Å². The van der Waals surface area contributed by atoms with Crippen LogP contribution in [0, 0.1) is 0 Å². The normalized spacial score (nSPS) is 12.9. The fourth-order valence-electron chi connectivity index (χ4n) is 12.1. The van der Waals surface area contributed by atoms with E-state index in [0.717, 1.165) is 151 Å². The first-order chi connectivity index (χ1) is 35.5. The van der Waals surface area contributed by atoms with Crippen LogP contribution in [0.2, 0.25) is 0 Å². The van der Waals surface area contributed by atoms with Gasteiger partial charge in [-0.05, 0) is 136 Å². The number of H-pyrrole nitrogens is 4. The van der Waals surface area contributed by atoms with Crippen LogP contribution in [0.4, 0.5) is 0 Å². The first-order valence-electron chi connectivity index (χ1n) is 27.9. The van der Waals surface area contributed by atoms with E-state index in [-0.39, 0.29) is 0 Å². The number of nitrogens with one attached hydrogen (secondary N) is 4. The van der Waals surface area contributed by atoms with Crippen LogP contribution in [-0.4, -0.2) is 39.9 Å². The van der Waals surface area contributed by atoms with Crippen LogP contribution in [0.15, 0.2) is 60.7 Å². The minimum atomic E-state index is 0.937. The standard InChI is InChI=1S/C64H70N8/c1-5-9-13-17-21-43-51-29-25-39(65-51)33-40-26-30-52(66-40)45(23-19-15-11-7-3)57-37-49-50-38-58-46(24-20-16-12-8-4)54-32-28-42(68-54)34-41-27-31-53(67-41)44(22-18-14-10-6-2)56-36-48-47-35-55(43)69-61(47)59(63(49)71-57)60(62(48)70-56)64(50)72-58/h25-38,65,68,70-71H,5-24H2,1-4H3. The number of unbranched alkanes of at least 4 members (excludes halogenated alkanes) is 12. The summed E-state index contributed by atoms with van der Waals surface area (Å²) in [4.78, 5) is 38.6. The van der Waals surface area contributed by atoms with Crippen LogP contribution in [0.5, 0.6) is 0 Å². The number of hydrogen-bond acceptors (Lipinski definition) is 4. The third-order valence-corrected chi connectivity index (χ3v) is 16.0. The second kappa shape index (κ2) is 20.0. The van der Waals surface area contributed by atoms with Crippen LogP contribution in [-0.2, 0) is 25.7 Å². The molecular formula is C64H70N8. The average Bonchev–Trinajstić information content (AvgIpc) is 4.24. The zero-order valence-corrected chi connectivity index (χ0v) is 43.0. The molecule has 2 aliphatic heterocycles. The first-order valence-corrected chi connectivity index (χ1v) is 27.9. The maximum Gasteiger partial charge on any atom is 0.0818 e.